The highest BCUT2D eigenvalue weighted by molar-refractivity contribution is 7.99. The van der Waals surface area contributed by atoms with Crippen molar-refractivity contribution in [2.75, 3.05) is 16.8 Å². The molecule has 1 aliphatic rings. The van der Waals surface area contributed by atoms with Gasteiger partial charge in [0.2, 0.25) is 0 Å². The van der Waals surface area contributed by atoms with Gasteiger partial charge in [-0.15, -0.1) is 0 Å². The number of nitrogen functional groups attached to an aromatic ring is 1. The number of aromatic nitrogens is 1. The summed E-state index contributed by atoms with van der Waals surface area (Å²) in [5, 5.41) is 7.56. The molecule has 2 unspecified atom stereocenters. The summed E-state index contributed by atoms with van der Waals surface area (Å²) in [5.41, 5.74) is 5.88. The molecule has 1 saturated carbocycles. The minimum absolute atomic E-state index is 0.0876. The first-order valence-corrected chi connectivity index (χ1v) is 9.33. The fourth-order valence-electron chi connectivity index (χ4n) is 2.54. The number of rotatable bonds is 6. The molecule has 1 fully saturated rings. The Hall–Kier alpha value is -0.950. The van der Waals surface area contributed by atoms with Gasteiger partial charge < -0.3 is 16.4 Å². The zero-order valence-corrected chi connectivity index (χ0v) is 14.4. The molecule has 1 amide bonds. The average molecular weight is 329 g/mol. The van der Waals surface area contributed by atoms with Crippen molar-refractivity contribution in [1.29, 1.82) is 0 Å². The third-order valence-corrected chi connectivity index (χ3v) is 5.75. The normalized spacial score (nSPS) is 21.7. The molecule has 5 nitrogen and oxygen atoms in total. The van der Waals surface area contributed by atoms with Gasteiger partial charge in [-0.25, -0.2) is 4.98 Å². The maximum Gasteiger partial charge on any atom is 0.265 e. The van der Waals surface area contributed by atoms with Crippen molar-refractivity contribution in [3.8, 4) is 0 Å². The molecule has 1 aromatic rings. The Morgan fingerprint density at radius 2 is 2.29 bits per heavy atom. The minimum atomic E-state index is -0.0876. The van der Waals surface area contributed by atoms with E-state index in [0.717, 1.165) is 12.2 Å². The molecule has 4 N–H and O–H groups in total. The summed E-state index contributed by atoms with van der Waals surface area (Å²) in [6.45, 7) is 6.22. The van der Waals surface area contributed by atoms with Crippen LogP contribution in [0.5, 0.6) is 0 Å². The number of thiazole rings is 1. The van der Waals surface area contributed by atoms with E-state index in [1.165, 1.54) is 24.2 Å². The van der Waals surface area contributed by atoms with Crippen molar-refractivity contribution in [1.82, 2.24) is 10.3 Å². The van der Waals surface area contributed by atoms with Crippen molar-refractivity contribution < 1.29 is 4.79 Å². The smallest absolute Gasteiger partial charge is 0.265 e. The Morgan fingerprint density at radius 1 is 1.52 bits per heavy atom. The molecule has 2 rings (SSSR count). The maximum atomic E-state index is 12.4. The van der Waals surface area contributed by atoms with Crippen LogP contribution < -0.4 is 16.4 Å². The molecule has 2 atom stereocenters. The zero-order valence-electron chi connectivity index (χ0n) is 12.8. The first-order valence-electron chi connectivity index (χ1n) is 7.46. The average Bonchev–Trinajstić information content (AvgIpc) is 2.96. The van der Waals surface area contributed by atoms with Gasteiger partial charge in [-0.2, -0.15) is 11.8 Å². The fraction of sp³-hybridized carbons (Fsp3) is 0.714. The molecule has 0 radical (unpaired) electrons. The van der Waals surface area contributed by atoms with E-state index >= 15 is 0 Å². The Balaban J connectivity index is 2.01. The molecule has 1 aromatic heterocycles. The second-order valence-electron chi connectivity index (χ2n) is 5.54. The van der Waals surface area contributed by atoms with Crippen molar-refractivity contribution in [2.45, 2.75) is 57.4 Å². The number of carbonyl (C=O) groups is 1. The molecule has 0 spiro atoms. The van der Waals surface area contributed by atoms with Crippen LogP contribution in [0.15, 0.2) is 0 Å². The summed E-state index contributed by atoms with van der Waals surface area (Å²) < 4.78 is 0. The van der Waals surface area contributed by atoms with Gasteiger partial charge in [-0.05, 0) is 32.4 Å². The Kier molecular flexibility index (Phi) is 5.75. The van der Waals surface area contributed by atoms with Crippen LogP contribution in [0.4, 0.5) is 10.9 Å². The second kappa shape index (κ2) is 7.35. The number of carbonyl (C=O) groups excluding carboxylic acids is 1. The summed E-state index contributed by atoms with van der Waals surface area (Å²) in [5.74, 6) is 1.32. The highest BCUT2D eigenvalue weighted by Crippen LogP contribution is 2.31. The zero-order chi connectivity index (χ0) is 15.4. The lowest BCUT2D eigenvalue weighted by Gasteiger charge is -2.19. The number of hydrogen-bond acceptors (Lipinski definition) is 6. The SMILES string of the molecule is CCSC1CCCC1NC(=O)c1sc(NC(C)C)nc1N. The van der Waals surface area contributed by atoms with Crippen molar-refractivity contribution in [2.24, 2.45) is 0 Å². The first kappa shape index (κ1) is 16.4. The summed E-state index contributed by atoms with van der Waals surface area (Å²) in [7, 11) is 0. The molecule has 0 bridgehead atoms. The van der Waals surface area contributed by atoms with Gasteiger partial charge in [0.25, 0.3) is 5.91 Å². The lowest BCUT2D eigenvalue weighted by atomic mass is 10.2. The molecule has 0 saturated heterocycles. The highest BCUT2D eigenvalue weighted by Gasteiger charge is 2.29. The molecule has 1 aliphatic carbocycles. The van der Waals surface area contributed by atoms with Gasteiger partial charge in [0.1, 0.15) is 10.7 Å². The predicted molar refractivity (Wildman–Crippen MR) is 92.3 cm³/mol. The number of hydrogen-bond donors (Lipinski definition) is 3. The maximum absolute atomic E-state index is 12.4. The number of amides is 1. The van der Waals surface area contributed by atoms with Crippen molar-refractivity contribution in [3.05, 3.63) is 4.88 Å². The number of nitrogens with two attached hydrogens (primary N) is 1. The Labute approximate surface area is 134 Å². The van der Waals surface area contributed by atoms with E-state index in [4.69, 9.17) is 5.73 Å². The molecule has 0 aliphatic heterocycles. The van der Waals surface area contributed by atoms with E-state index in [-0.39, 0.29) is 18.0 Å². The number of thioether (sulfide) groups is 1. The van der Waals surface area contributed by atoms with Gasteiger partial charge in [0.15, 0.2) is 5.13 Å². The summed E-state index contributed by atoms with van der Waals surface area (Å²) in [6, 6.07) is 0.525. The minimum Gasteiger partial charge on any atom is -0.382 e. The third kappa shape index (κ3) is 4.26. The van der Waals surface area contributed by atoms with Crippen LogP contribution in [0, 0.1) is 0 Å². The van der Waals surface area contributed by atoms with E-state index < -0.39 is 0 Å². The van der Waals surface area contributed by atoms with Crippen LogP contribution in [-0.2, 0) is 0 Å². The Bertz CT molecular complexity index is 489. The summed E-state index contributed by atoms with van der Waals surface area (Å²) in [4.78, 5) is 17.2. The van der Waals surface area contributed by atoms with E-state index in [9.17, 15) is 4.79 Å². The van der Waals surface area contributed by atoms with Crippen LogP contribution in [0.1, 0.15) is 49.7 Å². The number of nitrogens with one attached hydrogen (secondary N) is 2. The molecule has 1 heterocycles. The van der Waals surface area contributed by atoms with Gasteiger partial charge >= 0.3 is 0 Å². The second-order valence-corrected chi connectivity index (χ2v) is 8.05. The van der Waals surface area contributed by atoms with E-state index in [0.29, 0.717) is 21.1 Å². The Morgan fingerprint density at radius 3 is 2.95 bits per heavy atom. The van der Waals surface area contributed by atoms with Crippen molar-refractivity contribution in [3.63, 3.8) is 0 Å². The van der Waals surface area contributed by atoms with E-state index in [1.807, 2.05) is 25.6 Å². The standard InChI is InChI=1S/C14H24N4OS2/c1-4-20-10-7-5-6-9(10)17-13(19)11-12(15)18-14(21-11)16-8(2)3/h8-10H,4-7,15H2,1-3H3,(H,16,18)(H,17,19). The number of anilines is 2. The van der Waals surface area contributed by atoms with E-state index in [2.05, 4.69) is 22.5 Å². The predicted octanol–water partition coefficient (Wildman–Crippen LogP) is 2.95. The van der Waals surface area contributed by atoms with Crippen LogP contribution in [0.25, 0.3) is 0 Å². The summed E-state index contributed by atoms with van der Waals surface area (Å²) >= 11 is 3.26. The topological polar surface area (TPSA) is 80.0 Å². The van der Waals surface area contributed by atoms with Gasteiger partial charge in [0.05, 0.1) is 0 Å². The van der Waals surface area contributed by atoms with Crippen LogP contribution >= 0.6 is 23.1 Å². The highest BCUT2D eigenvalue weighted by atomic mass is 32.2. The monoisotopic (exact) mass is 328 g/mol. The summed E-state index contributed by atoms with van der Waals surface area (Å²) in [6.07, 6.45) is 3.42. The van der Waals surface area contributed by atoms with E-state index in [1.54, 1.807) is 0 Å². The number of nitrogens with zero attached hydrogens (tertiary/aromatic N) is 1. The molecule has 0 aromatic carbocycles. The van der Waals surface area contributed by atoms with Crippen LogP contribution in [0.2, 0.25) is 0 Å². The molecular weight excluding hydrogens is 304 g/mol. The fourth-order valence-corrected chi connectivity index (χ4v) is 4.67. The lowest BCUT2D eigenvalue weighted by molar-refractivity contribution is 0.0943. The molecular formula is C14H24N4OS2. The van der Waals surface area contributed by atoms with Crippen LogP contribution in [0.3, 0.4) is 0 Å². The largest absolute Gasteiger partial charge is 0.382 e. The lowest BCUT2D eigenvalue weighted by Crippen LogP contribution is -2.38. The first-order chi connectivity index (χ1) is 10.0. The van der Waals surface area contributed by atoms with Gasteiger partial charge in [-0.1, -0.05) is 24.7 Å². The molecule has 118 valence electrons. The quantitative estimate of drug-likeness (QED) is 0.748. The van der Waals surface area contributed by atoms with Crippen LogP contribution in [-0.4, -0.2) is 34.0 Å². The molecule has 7 heteroatoms. The molecule has 21 heavy (non-hydrogen) atoms. The third-order valence-electron chi connectivity index (χ3n) is 3.42. The van der Waals surface area contributed by atoms with Gasteiger partial charge in [0, 0.05) is 17.3 Å². The van der Waals surface area contributed by atoms with Gasteiger partial charge in [-0.3, -0.25) is 4.79 Å². The van der Waals surface area contributed by atoms with Crippen molar-refractivity contribution >= 4 is 40.0 Å².